The number of halogens is 1. The molecule has 19 nitrogen and oxygen atoms in total. The van der Waals surface area contributed by atoms with Crippen molar-refractivity contribution in [3.8, 4) is 5.75 Å². The van der Waals surface area contributed by atoms with E-state index in [2.05, 4.69) is 47.1 Å². The first-order valence-electron chi connectivity index (χ1n) is 23.1. The molecule has 1 unspecified atom stereocenters. The SMILES string of the molecule is CC[C@@H]1C(=O)N(C)c2cnc(Cc3ccc(C(=O)NCCOCCOCCOCCNCCC(=O)Nc4cccc5c4CN(C4CCC(=O)NC4=O)C5=O)cc3OC)nc2N1Cc1ccc(Br)cc1. The summed E-state index contributed by atoms with van der Waals surface area (Å²) in [6.07, 6.45) is 3.30. The van der Waals surface area contributed by atoms with Crippen molar-refractivity contribution in [1.82, 2.24) is 30.8 Å². The molecule has 20 heteroatoms. The molecule has 3 aromatic carbocycles. The van der Waals surface area contributed by atoms with Gasteiger partial charge in [-0.05, 0) is 54.8 Å². The Morgan fingerprint density at radius 2 is 1.65 bits per heavy atom. The lowest BCUT2D eigenvalue weighted by Gasteiger charge is -2.40. The highest BCUT2D eigenvalue weighted by molar-refractivity contribution is 9.10. The fraction of sp³-hybridized carbons (Fsp3) is 0.429. The Morgan fingerprint density at radius 3 is 2.38 bits per heavy atom. The van der Waals surface area contributed by atoms with Crippen LogP contribution in [0, 0.1) is 0 Å². The summed E-state index contributed by atoms with van der Waals surface area (Å²) in [5, 5.41) is 11.2. The molecule has 0 aliphatic carbocycles. The smallest absolute Gasteiger partial charge is 0.255 e. The number of carbonyl (C=O) groups is 6. The maximum atomic E-state index is 13.3. The highest BCUT2D eigenvalue weighted by Gasteiger charge is 2.40. The molecule has 0 saturated carbocycles. The summed E-state index contributed by atoms with van der Waals surface area (Å²) in [6.45, 7) is 6.15. The molecule has 1 saturated heterocycles. The number of hydrogen-bond acceptors (Lipinski definition) is 14. The van der Waals surface area contributed by atoms with E-state index < -0.39 is 11.9 Å². The second-order valence-corrected chi connectivity index (χ2v) is 17.6. The van der Waals surface area contributed by atoms with E-state index in [1.54, 1.807) is 55.6 Å². The summed E-state index contributed by atoms with van der Waals surface area (Å²) in [5.41, 5.74) is 4.55. The van der Waals surface area contributed by atoms with Gasteiger partial charge in [-0.1, -0.05) is 47.1 Å². The molecule has 1 fully saturated rings. The normalized spacial score (nSPS) is 16.6. The molecule has 4 aromatic rings. The van der Waals surface area contributed by atoms with Crippen molar-refractivity contribution in [3.63, 3.8) is 0 Å². The van der Waals surface area contributed by atoms with Crippen LogP contribution < -0.4 is 35.8 Å². The number of likely N-dealkylation sites (N-methyl/N-ethyl adjacent to an activating group) is 1. The van der Waals surface area contributed by atoms with Gasteiger partial charge in [0.05, 0.1) is 52.9 Å². The van der Waals surface area contributed by atoms with Gasteiger partial charge in [-0.15, -0.1) is 0 Å². The average Bonchev–Trinajstić information content (AvgIpc) is 3.68. The largest absolute Gasteiger partial charge is 0.496 e. The molecular weight excluding hydrogens is 954 g/mol. The van der Waals surface area contributed by atoms with Crippen LogP contribution in [0.2, 0.25) is 0 Å². The first-order chi connectivity index (χ1) is 33.4. The van der Waals surface area contributed by atoms with Crippen LogP contribution >= 0.6 is 15.9 Å². The average molecular weight is 1010 g/mol. The Bertz CT molecular complexity index is 2510. The van der Waals surface area contributed by atoms with Crippen molar-refractivity contribution >= 4 is 68.6 Å². The highest BCUT2D eigenvalue weighted by atomic mass is 79.9. The number of methoxy groups -OCH3 is 1. The summed E-state index contributed by atoms with van der Waals surface area (Å²) < 4.78 is 23.5. The third-order valence-electron chi connectivity index (χ3n) is 12.1. The Hall–Kier alpha value is -6.32. The Balaban J connectivity index is 0.739. The minimum atomic E-state index is -0.728. The van der Waals surface area contributed by atoms with Crippen molar-refractivity contribution in [2.45, 2.75) is 64.2 Å². The summed E-state index contributed by atoms with van der Waals surface area (Å²) in [6, 6.07) is 17.3. The van der Waals surface area contributed by atoms with Crippen molar-refractivity contribution < 1.29 is 47.7 Å². The number of carbonyl (C=O) groups excluding carboxylic acids is 6. The van der Waals surface area contributed by atoms with Crippen LogP contribution in [0.5, 0.6) is 5.75 Å². The van der Waals surface area contributed by atoms with Crippen molar-refractivity contribution in [1.29, 1.82) is 0 Å². The van der Waals surface area contributed by atoms with Crippen LogP contribution in [0.25, 0.3) is 0 Å². The van der Waals surface area contributed by atoms with Gasteiger partial charge in [0.1, 0.15) is 29.3 Å². The Kier molecular flexibility index (Phi) is 17.8. The number of rotatable bonds is 24. The fourth-order valence-corrected chi connectivity index (χ4v) is 8.66. The first kappa shape index (κ1) is 50.6. The van der Waals surface area contributed by atoms with Gasteiger partial charge in [0.2, 0.25) is 23.6 Å². The van der Waals surface area contributed by atoms with E-state index in [-0.39, 0.29) is 61.4 Å². The molecule has 0 radical (unpaired) electrons. The third-order valence-corrected chi connectivity index (χ3v) is 12.6. The van der Waals surface area contributed by atoms with Crippen molar-refractivity contribution in [3.05, 3.63) is 105 Å². The lowest BCUT2D eigenvalue weighted by atomic mass is 10.0. The van der Waals surface area contributed by atoms with E-state index >= 15 is 0 Å². The molecule has 6 amide bonds. The van der Waals surface area contributed by atoms with Crippen LogP contribution in [0.1, 0.15) is 75.8 Å². The van der Waals surface area contributed by atoms with Gasteiger partial charge in [-0.2, -0.15) is 0 Å². The van der Waals surface area contributed by atoms with Crippen LogP contribution in [0.3, 0.4) is 0 Å². The molecule has 366 valence electrons. The van der Waals surface area contributed by atoms with Gasteiger partial charge in [0, 0.05) is 91.4 Å². The number of imide groups is 1. The summed E-state index contributed by atoms with van der Waals surface area (Å²) in [7, 11) is 3.31. The van der Waals surface area contributed by atoms with E-state index in [1.807, 2.05) is 37.3 Å². The molecule has 3 aliphatic heterocycles. The number of benzene rings is 3. The van der Waals surface area contributed by atoms with Gasteiger partial charge in [0.15, 0.2) is 5.82 Å². The number of nitrogens with one attached hydrogen (secondary N) is 4. The molecule has 1 aromatic heterocycles. The van der Waals surface area contributed by atoms with E-state index in [4.69, 9.17) is 23.9 Å². The van der Waals surface area contributed by atoms with E-state index in [0.717, 1.165) is 15.6 Å². The summed E-state index contributed by atoms with van der Waals surface area (Å²) >= 11 is 3.50. The van der Waals surface area contributed by atoms with Crippen molar-refractivity contribution in [2.75, 3.05) is 88.5 Å². The molecule has 3 aliphatic rings. The Morgan fingerprint density at radius 1 is 0.913 bits per heavy atom. The topological polar surface area (TPSA) is 223 Å². The van der Waals surface area contributed by atoms with E-state index in [1.165, 1.54) is 4.90 Å². The predicted molar refractivity (Wildman–Crippen MR) is 259 cm³/mol. The number of nitrogens with zero attached hydrogens (tertiary/aromatic N) is 5. The minimum Gasteiger partial charge on any atom is -0.496 e. The molecule has 0 spiro atoms. The number of ether oxygens (including phenoxy) is 4. The first-order valence-corrected chi connectivity index (χ1v) is 23.8. The maximum absolute atomic E-state index is 13.3. The molecule has 4 N–H and O–H groups in total. The maximum Gasteiger partial charge on any atom is 0.255 e. The highest BCUT2D eigenvalue weighted by Crippen LogP contribution is 2.36. The van der Waals surface area contributed by atoms with Gasteiger partial charge >= 0.3 is 0 Å². The van der Waals surface area contributed by atoms with Crippen LogP contribution in [0.4, 0.5) is 17.2 Å². The van der Waals surface area contributed by atoms with Gasteiger partial charge in [-0.25, -0.2) is 9.97 Å². The summed E-state index contributed by atoms with van der Waals surface area (Å²) in [5.74, 6) is 0.154. The standard InChI is InChI=1S/C49H58BrN9O10/c1-4-38-49(65)57(2)40-28-53-42(55-45(40)58(38)29-31-8-12-34(50)13-9-31)27-32-10-11-33(26-41(32)66-3)46(62)52-19-21-68-23-25-69-24-22-67-20-18-51-17-16-44(61)54-37-7-5-6-35-36(37)30-59(48(35)64)39-14-15-43(60)56-47(39)63/h5-13,26,28,38-39,51H,4,14-25,27,29-30H2,1-3H3,(H,52,62)(H,54,61)(H,56,60,63)/t38-,39?/m1/s1. The summed E-state index contributed by atoms with van der Waals surface area (Å²) in [4.78, 5) is 90.8. The zero-order valence-electron chi connectivity index (χ0n) is 39.0. The van der Waals surface area contributed by atoms with Gasteiger partial charge < -0.3 is 49.6 Å². The molecular formula is C49H58BrN9O10. The fourth-order valence-electron chi connectivity index (χ4n) is 8.39. The molecule has 0 bridgehead atoms. The lowest BCUT2D eigenvalue weighted by Crippen LogP contribution is -2.52. The molecule has 69 heavy (non-hydrogen) atoms. The number of anilines is 3. The van der Waals surface area contributed by atoms with Crippen LogP contribution in [-0.4, -0.2) is 136 Å². The van der Waals surface area contributed by atoms with Crippen LogP contribution in [-0.2, 0) is 52.9 Å². The molecule has 2 atom stereocenters. The zero-order chi connectivity index (χ0) is 48.9. The second-order valence-electron chi connectivity index (χ2n) is 16.6. The van der Waals surface area contributed by atoms with E-state index in [9.17, 15) is 28.8 Å². The number of fused-ring (bicyclic) bond motifs is 2. The monoisotopic (exact) mass is 1010 g/mol. The third kappa shape index (κ3) is 12.9. The number of hydrogen-bond donors (Lipinski definition) is 4. The predicted octanol–water partition coefficient (Wildman–Crippen LogP) is 3.76. The number of amides is 6. The van der Waals surface area contributed by atoms with Crippen LogP contribution in [0.15, 0.2) is 71.3 Å². The van der Waals surface area contributed by atoms with Crippen molar-refractivity contribution in [2.24, 2.45) is 0 Å². The van der Waals surface area contributed by atoms with Gasteiger partial charge in [-0.3, -0.25) is 34.1 Å². The minimum absolute atomic E-state index is 0.00437. The molecule has 7 rings (SSSR count). The Labute approximate surface area is 409 Å². The zero-order valence-corrected chi connectivity index (χ0v) is 40.6. The lowest BCUT2D eigenvalue weighted by molar-refractivity contribution is -0.137. The number of aromatic nitrogens is 2. The second kappa shape index (κ2) is 24.3. The van der Waals surface area contributed by atoms with E-state index in [0.29, 0.717) is 124 Å². The molecule has 4 heterocycles. The number of piperidine rings is 1. The van der Waals surface area contributed by atoms with Gasteiger partial charge in [0.25, 0.3) is 11.8 Å². The quantitative estimate of drug-likeness (QED) is 0.0580.